The van der Waals surface area contributed by atoms with Crippen LogP contribution in [0.25, 0.3) is 0 Å². The molecule has 1 aromatic heterocycles. The molecule has 0 spiro atoms. The molecule has 140 valence electrons. The Morgan fingerprint density at radius 2 is 2.04 bits per heavy atom. The van der Waals surface area contributed by atoms with Crippen LogP contribution in [0, 0.1) is 6.92 Å². The summed E-state index contributed by atoms with van der Waals surface area (Å²) < 4.78 is 7.89. The highest BCUT2D eigenvalue weighted by atomic mass is 79.9. The highest BCUT2D eigenvalue weighted by Gasteiger charge is 2.12. The molecule has 0 fully saturated rings. The van der Waals surface area contributed by atoms with Gasteiger partial charge in [-0.05, 0) is 52.2 Å². The fraction of sp³-hybridized carbons (Fsp3) is 0.158. The number of para-hydroxylation sites is 1. The first-order valence-electron chi connectivity index (χ1n) is 8.07. The molecule has 0 radical (unpaired) electrons. The molecule has 27 heavy (non-hydrogen) atoms. The summed E-state index contributed by atoms with van der Waals surface area (Å²) >= 11 is 15.5. The van der Waals surface area contributed by atoms with Crippen molar-refractivity contribution in [2.24, 2.45) is 0 Å². The smallest absolute Gasteiger partial charge is 0.263 e. The van der Waals surface area contributed by atoms with E-state index >= 15 is 0 Å². The average Bonchev–Trinajstić information content (AvgIpc) is 2.96. The molecule has 2 aromatic carbocycles. The van der Waals surface area contributed by atoms with Gasteiger partial charge in [0.2, 0.25) is 0 Å². The SMILES string of the molecule is Cc1ccccc1OCC(=O)Nc1nn(Cc2ccc(Cl)cc2Cl)cc1Br. The Labute approximate surface area is 175 Å². The summed E-state index contributed by atoms with van der Waals surface area (Å²) in [5, 5.41) is 8.24. The number of anilines is 1. The molecule has 3 aromatic rings. The maximum absolute atomic E-state index is 12.2. The van der Waals surface area contributed by atoms with Crippen molar-refractivity contribution >= 4 is 50.9 Å². The number of hydrogen-bond acceptors (Lipinski definition) is 3. The number of amides is 1. The van der Waals surface area contributed by atoms with Gasteiger partial charge in [0, 0.05) is 16.2 Å². The molecule has 0 aliphatic carbocycles. The monoisotopic (exact) mass is 467 g/mol. The van der Waals surface area contributed by atoms with Crippen molar-refractivity contribution in [2.75, 3.05) is 11.9 Å². The van der Waals surface area contributed by atoms with Crippen molar-refractivity contribution in [2.45, 2.75) is 13.5 Å². The number of benzene rings is 2. The number of rotatable bonds is 6. The third-order valence-corrected chi connectivity index (χ3v) is 4.94. The van der Waals surface area contributed by atoms with Crippen LogP contribution in [0.3, 0.4) is 0 Å². The van der Waals surface area contributed by atoms with Crippen LogP contribution in [0.15, 0.2) is 53.1 Å². The Hall–Kier alpha value is -2.02. The van der Waals surface area contributed by atoms with E-state index in [0.717, 1.165) is 11.1 Å². The molecule has 1 N–H and O–H groups in total. The Balaban J connectivity index is 1.62. The Morgan fingerprint density at radius 3 is 2.78 bits per heavy atom. The van der Waals surface area contributed by atoms with E-state index in [-0.39, 0.29) is 12.5 Å². The second-order valence-corrected chi connectivity index (χ2v) is 7.56. The maximum atomic E-state index is 12.2. The predicted molar refractivity (Wildman–Crippen MR) is 111 cm³/mol. The molecular formula is C19H16BrCl2N3O2. The van der Waals surface area contributed by atoms with Crippen LogP contribution < -0.4 is 10.1 Å². The van der Waals surface area contributed by atoms with Crippen molar-refractivity contribution < 1.29 is 9.53 Å². The standard InChI is InChI=1S/C19H16BrCl2N3O2/c1-12-4-2-3-5-17(12)27-11-18(26)23-19-15(20)10-25(24-19)9-13-6-7-14(21)8-16(13)22/h2-8,10H,9,11H2,1H3,(H,23,24,26). The van der Waals surface area contributed by atoms with Crippen LogP contribution in [0.4, 0.5) is 5.82 Å². The summed E-state index contributed by atoms with van der Waals surface area (Å²) in [7, 11) is 0. The number of aromatic nitrogens is 2. The predicted octanol–water partition coefficient (Wildman–Crippen LogP) is 5.33. The summed E-state index contributed by atoms with van der Waals surface area (Å²) in [6.07, 6.45) is 1.77. The number of ether oxygens (including phenoxy) is 1. The molecule has 0 saturated carbocycles. The van der Waals surface area contributed by atoms with E-state index in [4.69, 9.17) is 27.9 Å². The fourth-order valence-corrected chi connectivity index (χ4v) is 3.30. The minimum atomic E-state index is -0.297. The van der Waals surface area contributed by atoms with Gasteiger partial charge in [0.25, 0.3) is 5.91 Å². The Bertz CT molecular complexity index is 975. The van der Waals surface area contributed by atoms with Crippen LogP contribution in [0.1, 0.15) is 11.1 Å². The molecule has 1 amide bonds. The molecule has 0 unspecified atom stereocenters. The fourth-order valence-electron chi connectivity index (χ4n) is 2.42. The number of hydrogen-bond donors (Lipinski definition) is 1. The van der Waals surface area contributed by atoms with Gasteiger partial charge in [-0.15, -0.1) is 0 Å². The molecule has 0 aliphatic rings. The molecule has 0 saturated heterocycles. The van der Waals surface area contributed by atoms with E-state index < -0.39 is 0 Å². The van der Waals surface area contributed by atoms with Crippen molar-refractivity contribution in [3.05, 3.63) is 74.3 Å². The van der Waals surface area contributed by atoms with Gasteiger partial charge in [-0.25, -0.2) is 0 Å². The van der Waals surface area contributed by atoms with Gasteiger partial charge in [-0.3, -0.25) is 9.48 Å². The molecule has 3 rings (SSSR count). The van der Waals surface area contributed by atoms with E-state index in [0.29, 0.717) is 32.6 Å². The highest BCUT2D eigenvalue weighted by Crippen LogP contribution is 2.24. The zero-order valence-corrected chi connectivity index (χ0v) is 17.5. The highest BCUT2D eigenvalue weighted by molar-refractivity contribution is 9.10. The largest absolute Gasteiger partial charge is 0.483 e. The lowest BCUT2D eigenvalue weighted by molar-refractivity contribution is -0.118. The van der Waals surface area contributed by atoms with Gasteiger partial charge >= 0.3 is 0 Å². The molecule has 1 heterocycles. The van der Waals surface area contributed by atoms with E-state index in [1.54, 1.807) is 23.0 Å². The van der Waals surface area contributed by atoms with Gasteiger partial charge in [0.05, 0.1) is 11.0 Å². The summed E-state index contributed by atoms with van der Waals surface area (Å²) in [6.45, 7) is 2.27. The molecule has 0 atom stereocenters. The number of halogens is 3. The van der Waals surface area contributed by atoms with Crippen LogP contribution >= 0.6 is 39.1 Å². The lowest BCUT2D eigenvalue weighted by Gasteiger charge is -2.08. The van der Waals surface area contributed by atoms with Crippen molar-refractivity contribution in [1.82, 2.24) is 9.78 Å². The van der Waals surface area contributed by atoms with Gasteiger partial charge in [0.1, 0.15) is 5.75 Å². The van der Waals surface area contributed by atoms with Crippen LogP contribution in [-0.4, -0.2) is 22.3 Å². The van der Waals surface area contributed by atoms with Gasteiger partial charge < -0.3 is 10.1 Å². The molecule has 0 bridgehead atoms. The lowest BCUT2D eigenvalue weighted by Crippen LogP contribution is -2.21. The number of carbonyl (C=O) groups excluding carboxylic acids is 1. The number of nitrogens with one attached hydrogen (secondary N) is 1. The first kappa shape index (κ1) is 19.7. The number of nitrogens with zero attached hydrogens (tertiary/aromatic N) is 2. The Kier molecular flexibility index (Phi) is 6.42. The minimum Gasteiger partial charge on any atom is -0.483 e. The summed E-state index contributed by atoms with van der Waals surface area (Å²) in [5.41, 5.74) is 1.84. The zero-order valence-electron chi connectivity index (χ0n) is 14.4. The topological polar surface area (TPSA) is 56.1 Å². The first-order chi connectivity index (χ1) is 12.9. The quantitative estimate of drug-likeness (QED) is 0.532. The van der Waals surface area contributed by atoms with E-state index in [1.807, 2.05) is 37.3 Å². The van der Waals surface area contributed by atoms with E-state index in [2.05, 4.69) is 26.3 Å². The van der Waals surface area contributed by atoms with Crippen molar-refractivity contribution in [3.63, 3.8) is 0 Å². The van der Waals surface area contributed by atoms with E-state index in [1.165, 1.54) is 0 Å². The molecule has 5 nitrogen and oxygen atoms in total. The van der Waals surface area contributed by atoms with Crippen molar-refractivity contribution in [1.29, 1.82) is 0 Å². The second kappa shape index (κ2) is 8.78. The third-order valence-electron chi connectivity index (χ3n) is 3.77. The maximum Gasteiger partial charge on any atom is 0.263 e. The van der Waals surface area contributed by atoms with Crippen LogP contribution in [0.2, 0.25) is 10.0 Å². The summed E-state index contributed by atoms with van der Waals surface area (Å²) in [6, 6.07) is 12.8. The first-order valence-corrected chi connectivity index (χ1v) is 9.62. The van der Waals surface area contributed by atoms with Crippen LogP contribution in [-0.2, 0) is 11.3 Å². The normalized spacial score (nSPS) is 10.7. The third kappa shape index (κ3) is 5.25. The molecular weight excluding hydrogens is 453 g/mol. The molecule has 8 heteroatoms. The Morgan fingerprint density at radius 1 is 1.26 bits per heavy atom. The average molecular weight is 469 g/mol. The van der Waals surface area contributed by atoms with Gasteiger partial charge in [-0.1, -0.05) is 47.5 Å². The number of carbonyl (C=O) groups is 1. The van der Waals surface area contributed by atoms with Gasteiger partial charge in [-0.2, -0.15) is 5.10 Å². The zero-order chi connectivity index (χ0) is 19.4. The van der Waals surface area contributed by atoms with E-state index in [9.17, 15) is 4.79 Å². The summed E-state index contributed by atoms with van der Waals surface area (Å²) in [5.74, 6) is 0.793. The second-order valence-electron chi connectivity index (χ2n) is 5.86. The molecule has 0 aliphatic heterocycles. The lowest BCUT2D eigenvalue weighted by atomic mass is 10.2. The summed E-state index contributed by atoms with van der Waals surface area (Å²) in [4.78, 5) is 12.2. The van der Waals surface area contributed by atoms with Crippen LogP contribution in [0.5, 0.6) is 5.75 Å². The van der Waals surface area contributed by atoms with Crippen molar-refractivity contribution in [3.8, 4) is 5.75 Å². The number of aryl methyl sites for hydroxylation is 1. The van der Waals surface area contributed by atoms with Gasteiger partial charge in [0.15, 0.2) is 12.4 Å². The minimum absolute atomic E-state index is 0.104.